The summed E-state index contributed by atoms with van der Waals surface area (Å²) in [5.41, 5.74) is 4.23. The monoisotopic (exact) mass is 347 g/mol. The van der Waals surface area contributed by atoms with Gasteiger partial charge in [-0.1, -0.05) is 36.4 Å². The van der Waals surface area contributed by atoms with E-state index in [1.165, 1.54) is 0 Å². The van der Waals surface area contributed by atoms with Crippen LogP contribution in [-0.4, -0.2) is 27.2 Å². The molecule has 0 aliphatic carbocycles. The zero-order chi connectivity index (χ0) is 17.2. The van der Waals surface area contributed by atoms with E-state index in [9.17, 15) is 4.79 Å². The molecule has 0 fully saturated rings. The summed E-state index contributed by atoms with van der Waals surface area (Å²) in [6, 6.07) is 17.8. The van der Waals surface area contributed by atoms with E-state index in [4.69, 9.17) is 0 Å². The molecule has 0 aliphatic rings. The first-order valence-corrected chi connectivity index (χ1v) is 8.97. The number of benzene rings is 1. The Morgan fingerprint density at radius 3 is 2.68 bits per heavy atom. The zero-order valence-electron chi connectivity index (χ0n) is 13.8. The van der Waals surface area contributed by atoms with Crippen LogP contribution < -0.4 is 0 Å². The van der Waals surface area contributed by atoms with Gasteiger partial charge >= 0.3 is 0 Å². The molecule has 4 aromatic rings. The first-order chi connectivity index (χ1) is 12.2. The van der Waals surface area contributed by atoms with E-state index < -0.39 is 0 Å². The standard InChI is InChI=1S/C20H17N3OS/c1-22(13-15-7-3-2-4-8-15)20(24)18-19(16-10-12-25-14-16)23-11-6-5-9-17(23)21-18/h2-12,14H,13H2,1H3. The van der Waals surface area contributed by atoms with E-state index >= 15 is 0 Å². The second-order valence-electron chi connectivity index (χ2n) is 5.90. The number of carbonyl (C=O) groups is 1. The number of fused-ring (bicyclic) bond motifs is 1. The van der Waals surface area contributed by atoms with Crippen LogP contribution in [0.5, 0.6) is 0 Å². The van der Waals surface area contributed by atoms with Crippen molar-refractivity contribution >= 4 is 22.9 Å². The fourth-order valence-electron chi connectivity index (χ4n) is 2.93. The molecule has 5 heteroatoms. The molecule has 1 aromatic carbocycles. The topological polar surface area (TPSA) is 37.6 Å². The normalized spacial score (nSPS) is 10.9. The average molecular weight is 347 g/mol. The Kier molecular flexibility index (Phi) is 4.07. The lowest BCUT2D eigenvalue weighted by Gasteiger charge is -2.16. The lowest BCUT2D eigenvalue weighted by Crippen LogP contribution is -2.27. The first kappa shape index (κ1) is 15.6. The van der Waals surface area contributed by atoms with Crippen molar-refractivity contribution in [3.05, 3.63) is 82.8 Å². The number of hydrogen-bond donors (Lipinski definition) is 0. The molecule has 3 heterocycles. The highest BCUT2D eigenvalue weighted by atomic mass is 32.1. The Balaban J connectivity index is 1.75. The van der Waals surface area contributed by atoms with E-state index in [2.05, 4.69) is 4.98 Å². The maximum Gasteiger partial charge on any atom is 0.274 e. The van der Waals surface area contributed by atoms with Crippen molar-refractivity contribution in [3.8, 4) is 11.3 Å². The van der Waals surface area contributed by atoms with Gasteiger partial charge in [0, 0.05) is 30.7 Å². The molecule has 0 unspecified atom stereocenters. The van der Waals surface area contributed by atoms with Crippen LogP contribution in [0.3, 0.4) is 0 Å². The van der Waals surface area contributed by atoms with E-state index in [0.29, 0.717) is 12.2 Å². The summed E-state index contributed by atoms with van der Waals surface area (Å²) in [6.07, 6.45) is 1.95. The molecule has 1 amide bonds. The van der Waals surface area contributed by atoms with Gasteiger partial charge in [0.2, 0.25) is 0 Å². The van der Waals surface area contributed by atoms with E-state index in [1.54, 1.807) is 16.2 Å². The second kappa shape index (κ2) is 6.53. The largest absolute Gasteiger partial charge is 0.336 e. The number of hydrogen-bond acceptors (Lipinski definition) is 3. The van der Waals surface area contributed by atoms with Crippen LogP contribution in [0.1, 0.15) is 16.1 Å². The summed E-state index contributed by atoms with van der Waals surface area (Å²) in [7, 11) is 1.82. The van der Waals surface area contributed by atoms with E-state index in [1.807, 2.05) is 83.0 Å². The molecule has 0 radical (unpaired) electrons. The quantitative estimate of drug-likeness (QED) is 0.551. The summed E-state index contributed by atoms with van der Waals surface area (Å²) in [4.78, 5) is 19.4. The number of carbonyl (C=O) groups excluding carboxylic acids is 1. The van der Waals surface area contributed by atoms with Gasteiger partial charge in [0.25, 0.3) is 5.91 Å². The first-order valence-electron chi connectivity index (χ1n) is 8.03. The Morgan fingerprint density at radius 1 is 1.12 bits per heavy atom. The average Bonchev–Trinajstić information content (AvgIpc) is 3.29. The van der Waals surface area contributed by atoms with Crippen LogP contribution in [0, 0.1) is 0 Å². The number of amides is 1. The SMILES string of the molecule is CN(Cc1ccccc1)C(=O)c1nc2ccccn2c1-c1ccsc1. The molecule has 0 saturated carbocycles. The predicted octanol–water partition coefficient (Wildman–Crippen LogP) is 4.34. The summed E-state index contributed by atoms with van der Waals surface area (Å²) < 4.78 is 1.98. The van der Waals surface area contributed by atoms with E-state index in [0.717, 1.165) is 22.5 Å². The van der Waals surface area contributed by atoms with Crippen LogP contribution in [0.2, 0.25) is 0 Å². The maximum atomic E-state index is 13.1. The lowest BCUT2D eigenvalue weighted by molar-refractivity contribution is 0.0781. The molecule has 0 bridgehead atoms. The van der Waals surface area contributed by atoms with Gasteiger partial charge in [0.15, 0.2) is 5.69 Å². The summed E-state index contributed by atoms with van der Waals surface area (Å²) in [5.74, 6) is -0.0752. The van der Waals surface area contributed by atoms with Gasteiger partial charge in [-0.25, -0.2) is 4.98 Å². The minimum absolute atomic E-state index is 0.0752. The fourth-order valence-corrected chi connectivity index (χ4v) is 3.57. The number of rotatable bonds is 4. The fraction of sp³-hybridized carbons (Fsp3) is 0.100. The molecule has 0 saturated heterocycles. The number of aromatic nitrogens is 2. The Hall–Kier alpha value is -2.92. The third-order valence-electron chi connectivity index (χ3n) is 4.14. The molecule has 0 spiro atoms. The molecule has 3 aromatic heterocycles. The highest BCUT2D eigenvalue weighted by molar-refractivity contribution is 7.08. The van der Waals surface area contributed by atoms with Crippen molar-refractivity contribution < 1.29 is 4.79 Å². The van der Waals surface area contributed by atoms with Crippen molar-refractivity contribution in [1.29, 1.82) is 0 Å². The molecule has 0 atom stereocenters. The third-order valence-corrected chi connectivity index (χ3v) is 4.82. The third kappa shape index (κ3) is 2.94. The van der Waals surface area contributed by atoms with Crippen molar-refractivity contribution in [2.75, 3.05) is 7.05 Å². The zero-order valence-corrected chi connectivity index (χ0v) is 14.6. The maximum absolute atomic E-state index is 13.1. The molecule has 25 heavy (non-hydrogen) atoms. The molecule has 4 nitrogen and oxygen atoms in total. The van der Waals surface area contributed by atoms with Crippen LogP contribution >= 0.6 is 11.3 Å². The molecule has 124 valence electrons. The van der Waals surface area contributed by atoms with Crippen molar-refractivity contribution in [1.82, 2.24) is 14.3 Å². The lowest BCUT2D eigenvalue weighted by atomic mass is 10.1. The number of thiophene rings is 1. The van der Waals surface area contributed by atoms with Crippen molar-refractivity contribution in [3.63, 3.8) is 0 Å². The molecular weight excluding hydrogens is 330 g/mol. The minimum Gasteiger partial charge on any atom is -0.336 e. The predicted molar refractivity (Wildman–Crippen MR) is 101 cm³/mol. The van der Waals surface area contributed by atoms with E-state index in [-0.39, 0.29) is 5.91 Å². The van der Waals surface area contributed by atoms with Crippen molar-refractivity contribution in [2.45, 2.75) is 6.54 Å². The Morgan fingerprint density at radius 2 is 1.92 bits per heavy atom. The van der Waals surface area contributed by atoms with Crippen LogP contribution in [0.25, 0.3) is 16.9 Å². The van der Waals surface area contributed by atoms with Crippen LogP contribution in [0.15, 0.2) is 71.6 Å². The highest BCUT2D eigenvalue weighted by Gasteiger charge is 2.23. The van der Waals surface area contributed by atoms with Crippen LogP contribution in [0.4, 0.5) is 0 Å². The van der Waals surface area contributed by atoms with Crippen molar-refractivity contribution in [2.24, 2.45) is 0 Å². The molecular formula is C20H17N3OS. The Bertz CT molecular complexity index is 1010. The van der Waals surface area contributed by atoms with Gasteiger partial charge in [-0.15, -0.1) is 0 Å². The number of nitrogens with zero attached hydrogens (tertiary/aromatic N) is 3. The van der Waals surface area contributed by atoms with Gasteiger partial charge < -0.3 is 4.90 Å². The highest BCUT2D eigenvalue weighted by Crippen LogP contribution is 2.28. The van der Waals surface area contributed by atoms with Gasteiger partial charge in [0.05, 0.1) is 5.69 Å². The summed E-state index contributed by atoms with van der Waals surface area (Å²) in [6.45, 7) is 0.552. The minimum atomic E-state index is -0.0752. The molecule has 4 rings (SSSR count). The number of imidazole rings is 1. The smallest absolute Gasteiger partial charge is 0.274 e. The second-order valence-corrected chi connectivity index (χ2v) is 6.68. The summed E-state index contributed by atoms with van der Waals surface area (Å²) >= 11 is 1.61. The molecule has 0 aliphatic heterocycles. The summed E-state index contributed by atoms with van der Waals surface area (Å²) in [5, 5.41) is 4.06. The molecule has 0 N–H and O–H groups in total. The van der Waals surface area contributed by atoms with Crippen LogP contribution in [-0.2, 0) is 6.54 Å². The van der Waals surface area contributed by atoms with Gasteiger partial charge in [-0.2, -0.15) is 11.3 Å². The number of pyridine rings is 1. The van der Waals surface area contributed by atoms with Gasteiger partial charge in [-0.05, 0) is 29.1 Å². The van der Waals surface area contributed by atoms with Gasteiger partial charge in [0.1, 0.15) is 5.65 Å². The van der Waals surface area contributed by atoms with Gasteiger partial charge in [-0.3, -0.25) is 9.20 Å². The Labute approximate surface area is 150 Å².